The molecule has 0 N–H and O–H groups in total. The fourth-order valence-corrected chi connectivity index (χ4v) is 33.8. The molecular formula is C107H71BFO5P. The molecule has 0 aromatic heterocycles. The van der Waals surface area contributed by atoms with Crippen LogP contribution in [0.15, 0.2) is 191 Å². The standard InChI is InChI=1S/C52H30O2.C52H32O2.C2H6BP.CH3FO/c1-54-31(53)8-5-19-50(20-6-3-2-4-7-20)51-29-17-18-30-28-16-14-26-24-12-10-22-21-9-11-23-25-13-15-27(29)38-36(25)41-34(23)32(21)40-33(22)35(24)42-37(26)39(28)49(52(30,50)51)47-45(42)43(40)44(41)46(47)48(38)51;1-54-31(53)8-5-19-52(20-6-3-2-4-7-20)50-30-18-17-28-27-14-13-24-23-10-9-21-22-11-12-25-26-15-16-29(30)39-38(26)43-35(25)34(22)41-32(21)33(23)42-36(24)37(27)44(40(28)50)48-46(42)45(41)47(43)49(48)51(39)52;1-4(2)3;1-3-2/h2-4,6-7,9,11,13-18,22,24,26,37H,5,8,10,12,19H2,1H3;2-4,6-7,11-18,21,23-24,36,40,50H,5,8-10,19H2,1H3;1-2H3;1H3. The summed E-state index contributed by atoms with van der Waals surface area (Å²) < 4.78 is 20.4. The molecule has 1 fully saturated rings. The molecule has 0 amide bonds. The van der Waals surface area contributed by atoms with Crippen molar-refractivity contribution in [1.82, 2.24) is 0 Å². The minimum Gasteiger partial charge on any atom is -0.469 e. The summed E-state index contributed by atoms with van der Waals surface area (Å²) in [7, 11) is 9.11. The molecule has 14 unspecified atom stereocenters. The molecule has 0 heterocycles. The van der Waals surface area contributed by atoms with Gasteiger partial charge >= 0.3 is 11.9 Å². The van der Waals surface area contributed by atoms with Gasteiger partial charge < -0.3 is 9.47 Å². The van der Waals surface area contributed by atoms with Crippen molar-refractivity contribution >= 4 is 179 Å². The van der Waals surface area contributed by atoms with E-state index in [0.717, 1.165) is 32.8 Å². The molecule has 19 aliphatic carbocycles. The zero-order valence-electron chi connectivity index (χ0n) is 64.3. The number of halogens is 1. The highest BCUT2D eigenvalue weighted by Crippen LogP contribution is 2.98. The second-order valence-corrected chi connectivity index (χ2v) is 40.3. The lowest BCUT2D eigenvalue weighted by atomic mass is 9.52. The smallest absolute Gasteiger partial charge is 0.305 e. The Morgan fingerprint density at radius 1 is 0.443 bits per heavy atom. The monoisotopic (exact) mass is 1500 g/mol. The molecule has 2 spiro atoms. The predicted octanol–water partition coefficient (Wildman–Crippen LogP) is 22.8. The lowest BCUT2D eigenvalue weighted by Crippen LogP contribution is -2.46. The van der Waals surface area contributed by atoms with E-state index in [2.05, 4.69) is 163 Å². The Bertz CT molecular complexity index is 8150. The molecule has 16 aromatic rings. The number of hydrogen-bond acceptors (Lipinski definition) is 5. The summed E-state index contributed by atoms with van der Waals surface area (Å²) in [6.07, 6.45) is 30.4. The molecule has 2 radical (unpaired) electrons. The SMILES string of the molecule is COC(=O)CCCC1(c2ccccc2)C23C4=C5C=CC6C7CCC8c9c7c7c%10c(c%11c%12c%13c(ccc%14c%15ccc8c8c9c%10c%11c(c%13%14)c%158)=C(C=C4)C%1221)C3=C5C76.COC(=O)CCCC1(c2ccccc2)c2c3c4c5c6c7c8c9c%10c%11ccc%12c%13ccc(c2c%13c(c%12%10)c3c59)=C2C=CC3=C5C=CC(C7CCC8%11)C6C5=C4C3C21.COF.[B]P(C)C. The van der Waals surface area contributed by atoms with Gasteiger partial charge in [0.05, 0.1) is 21.3 Å². The van der Waals surface area contributed by atoms with Gasteiger partial charge in [0, 0.05) is 70.0 Å². The van der Waals surface area contributed by atoms with Gasteiger partial charge in [0.15, 0.2) is 0 Å². The highest BCUT2D eigenvalue weighted by molar-refractivity contribution is 7.80. The average molecular weight is 1500 g/mol. The Labute approximate surface area is 662 Å². The van der Waals surface area contributed by atoms with Crippen molar-refractivity contribution in [3.63, 3.8) is 0 Å². The molecule has 16 aromatic carbocycles. The summed E-state index contributed by atoms with van der Waals surface area (Å²) in [5.74, 6) is 4.57. The quantitative estimate of drug-likeness (QED) is 0.0591. The van der Waals surface area contributed by atoms with Crippen LogP contribution in [0.2, 0.25) is 0 Å². The zero-order chi connectivity index (χ0) is 75.0. The molecule has 8 heteroatoms. The number of hydrogen-bond donors (Lipinski definition) is 0. The third-order valence-electron chi connectivity index (χ3n) is 35.6. The maximum atomic E-state index is 13.0. The molecule has 1 saturated carbocycles. The van der Waals surface area contributed by atoms with Crippen molar-refractivity contribution in [2.75, 3.05) is 34.7 Å². The van der Waals surface area contributed by atoms with Crippen molar-refractivity contribution < 1.29 is 28.5 Å². The fourth-order valence-electron chi connectivity index (χ4n) is 33.8. The molecule has 35 rings (SSSR count). The zero-order valence-corrected chi connectivity index (χ0v) is 65.2. The summed E-state index contributed by atoms with van der Waals surface area (Å²) in [5.41, 5.74) is 38.2. The van der Waals surface area contributed by atoms with Crippen molar-refractivity contribution in [1.29, 1.82) is 0 Å². The van der Waals surface area contributed by atoms with Gasteiger partial charge in [-0.05, 0) is 353 Å². The van der Waals surface area contributed by atoms with Gasteiger partial charge in [-0.1, -0.05) is 171 Å². The van der Waals surface area contributed by atoms with E-state index in [0.29, 0.717) is 60.2 Å². The molecule has 544 valence electrons. The summed E-state index contributed by atoms with van der Waals surface area (Å²) in [6.45, 7) is 4.02. The molecule has 2 bridgehead atoms. The van der Waals surface area contributed by atoms with Gasteiger partial charge in [0.1, 0.15) is 7.57 Å². The lowest BCUT2D eigenvalue weighted by molar-refractivity contribution is -0.141. The molecule has 19 aliphatic rings. The average Bonchev–Trinajstić information content (AvgIpc) is 1.37. The van der Waals surface area contributed by atoms with Crippen molar-refractivity contribution in [2.45, 2.75) is 116 Å². The summed E-state index contributed by atoms with van der Waals surface area (Å²) in [4.78, 5) is 28.6. The first-order valence-corrected chi connectivity index (χ1v) is 45.1. The van der Waals surface area contributed by atoms with Crippen LogP contribution in [-0.2, 0) is 40.2 Å². The van der Waals surface area contributed by atoms with E-state index in [1.165, 1.54) is 102 Å². The number of benzene rings is 12. The van der Waals surface area contributed by atoms with Crippen LogP contribution in [0.3, 0.4) is 0 Å². The number of allylic oxidation sites excluding steroid dienone is 16. The van der Waals surface area contributed by atoms with Crippen molar-refractivity contribution in [3.8, 4) is 0 Å². The van der Waals surface area contributed by atoms with Crippen LogP contribution in [0.5, 0.6) is 0 Å². The Balaban J connectivity index is 0.000000104. The maximum Gasteiger partial charge on any atom is 0.305 e. The number of carbonyl (C=O) groups excluding carboxylic acids is 2. The number of ether oxygens (including phenoxy) is 2. The first-order valence-electron chi connectivity index (χ1n) is 42.8. The molecule has 0 saturated heterocycles. The third-order valence-corrected chi connectivity index (χ3v) is 35.6. The third kappa shape index (κ3) is 5.44. The van der Waals surface area contributed by atoms with E-state index < -0.39 is 0 Å². The van der Waals surface area contributed by atoms with E-state index in [4.69, 9.17) is 17.0 Å². The number of rotatable bonds is 10. The fraction of sp³-hybridized carbons (Fsp3) is 0.271. The highest BCUT2D eigenvalue weighted by Gasteiger charge is 2.94. The molecule has 0 aliphatic heterocycles. The minimum atomic E-state index is -0.316. The van der Waals surface area contributed by atoms with Crippen LogP contribution < -0.4 is 10.4 Å². The van der Waals surface area contributed by atoms with Crippen LogP contribution in [0.1, 0.15) is 178 Å². The van der Waals surface area contributed by atoms with Crippen LogP contribution in [-0.4, -0.2) is 54.2 Å². The van der Waals surface area contributed by atoms with E-state index in [-0.39, 0.29) is 53.2 Å². The van der Waals surface area contributed by atoms with Gasteiger partial charge in [-0.3, -0.25) is 9.59 Å². The predicted molar refractivity (Wildman–Crippen MR) is 463 cm³/mol. The van der Waals surface area contributed by atoms with Gasteiger partial charge in [-0.15, -0.1) is 0 Å². The van der Waals surface area contributed by atoms with E-state index >= 15 is 0 Å². The largest absolute Gasteiger partial charge is 0.469 e. The number of methoxy groups -OCH3 is 2. The second-order valence-electron chi connectivity index (χ2n) is 38.4. The Morgan fingerprint density at radius 3 is 1.57 bits per heavy atom. The van der Waals surface area contributed by atoms with Crippen LogP contribution in [0.25, 0.3) is 152 Å². The number of fused-ring (bicyclic) bond motifs is 6. The van der Waals surface area contributed by atoms with Crippen LogP contribution in [0.4, 0.5) is 4.53 Å². The summed E-state index contributed by atoms with van der Waals surface area (Å²) in [6, 6.07) is 43.5. The van der Waals surface area contributed by atoms with Gasteiger partial charge in [-0.2, -0.15) is 12.7 Å². The topological polar surface area (TPSA) is 61.8 Å². The Hall–Kier alpha value is -10.6. The molecule has 14 atom stereocenters. The van der Waals surface area contributed by atoms with Crippen molar-refractivity contribution in [2.24, 2.45) is 29.1 Å². The van der Waals surface area contributed by atoms with Crippen molar-refractivity contribution in [3.05, 3.63) is 280 Å². The molecular weight excluding hydrogens is 1430 g/mol. The molecule has 5 nitrogen and oxygen atoms in total. The first-order chi connectivity index (χ1) is 56.6. The second kappa shape index (κ2) is 18.6. The summed E-state index contributed by atoms with van der Waals surface area (Å²) in [5, 5.41) is 40.7. The molecule has 115 heavy (non-hydrogen) atoms. The van der Waals surface area contributed by atoms with E-state index in [1.54, 1.807) is 211 Å². The van der Waals surface area contributed by atoms with E-state index in [9.17, 15) is 14.1 Å². The van der Waals surface area contributed by atoms with Gasteiger partial charge in [0.25, 0.3) is 0 Å². The number of esters is 2. The lowest BCUT2D eigenvalue weighted by Gasteiger charge is -2.50. The Kier molecular flexibility index (Phi) is 9.87. The number of carbonyl (C=O) groups is 2. The first kappa shape index (κ1) is 60.9. The Morgan fingerprint density at radius 2 is 0.948 bits per heavy atom. The normalized spacial score (nSPS) is 30.3. The maximum absolute atomic E-state index is 13.0. The van der Waals surface area contributed by atoms with Crippen LogP contribution >= 0.6 is 7.80 Å². The highest BCUT2D eigenvalue weighted by atomic mass is 31.1. The van der Waals surface area contributed by atoms with Gasteiger partial charge in [0.2, 0.25) is 0 Å². The van der Waals surface area contributed by atoms with E-state index in [1.807, 2.05) is 13.3 Å². The van der Waals surface area contributed by atoms with Gasteiger partial charge in [-0.25, -0.2) is 0 Å². The minimum absolute atomic E-state index is 0.0950. The summed E-state index contributed by atoms with van der Waals surface area (Å²) >= 11 is 0. The van der Waals surface area contributed by atoms with Crippen LogP contribution in [0, 0.1) is 29.1 Å².